The summed E-state index contributed by atoms with van der Waals surface area (Å²) < 4.78 is 6.45. The van der Waals surface area contributed by atoms with Gasteiger partial charge in [0, 0.05) is 18.4 Å². The number of alkyl carbamates (subject to hydrolysis) is 1. The second-order valence-corrected chi connectivity index (χ2v) is 6.65. The summed E-state index contributed by atoms with van der Waals surface area (Å²) in [7, 11) is 0. The van der Waals surface area contributed by atoms with E-state index < -0.39 is 5.60 Å². The third-order valence-corrected chi connectivity index (χ3v) is 3.36. The maximum Gasteiger partial charge on any atom is 0.407 e. The van der Waals surface area contributed by atoms with Gasteiger partial charge in [-0.1, -0.05) is 33.7 Å². The molecule has 3 nitrogen and oxygen atoms in total. The Kier molecular flexibility index (Phi) is 3.34. The monoisotopic (exact) mass is 299 g/mol. The summed E-state index contributed by atoms with van der Waals surface area (Å²) in [6.45, 7) is 5.62. The summed E-state index contributed by atoms with van der Waals surface area (Å²) in [5.41, 5.74) is 0.976. The molecule has 0 bridgehead atoms. The number of nitrogens with one attached hydrogen (secondary N) is 1. The van der Waals surface area contributed by atoms with Crippen molar-refractivity contribution in [3.05, 3.63) is 22.2 Å². The highest BCUT2D eigenvalue weighted by Gasteiger charge is 2.42. The molecule has 0 aromatic carbocycles. The van der Waals surface area contributed by atoms with E-state index in [-0.39, 0.29) is 12.1 Å². The summed E-state index contributed by atoms with van der Waals surface area (Å²) in [5, 5.41) is 2.91. The highest BCUT2D eigenvalue weighted by molar-refractivity contribution is 9.11. The summed E-state index contributed by atoms with van der Waals surface area (Å²) in [5.74, 6) is 0.494. The number of rotatable bonds is 2. The van der Waals surface area contributed by atoms with Gasteiger partial charge in [0.15, 0.2) is 0 Å². The molecule has 2 atom stereocenters. The van der Waals surface area contributed by atoms with Crippen molar-refractivity contribution in [2.75, 3.05) is 0 Å². The van der Waals surface area contributed by atoms with E-state index >= 15 is 0 Å². The van der Waals surface area contributed by atoms with Gasteiger partial charge in [-0.25, -0.2) is 4.79 Å². The molecule has 0 saturated heterocycles. The van der Waals surface area contributed by atoms with E-state index in [4.69, 9.17) is 4.74 Å². The standard InChI is InChI=1S/C13H18BrNO2/c1-13(2,3)17-12(16)15-11-7-10(11)8-4-5-9(14)6-8/h4-5,10-11H,6-7H2,1-3H3,(H,15,16)/t10-,11+/m1/s1. The van der Waals surface area contributed by atoms with Crippen LogP contribution in [0.1, 0.15) is 33.6 Å². The van der Waals surface area contributed by atoms with Crippen molar-refractivity contribution in [3.8, 4) is 0 Å². The lowest BCUT2D eigenvalue weighted by Crippen LogP contribution is -2.34. The Morgan fingerprint density at radius 2 is 2.18 bits per heavy atom. The fraction of sp³-hybridized carbons (Fsp3) is 0.615. The summed E-state index contributed by atoms with van der Waals surface area (Å²) in [4.78, 5) is 11.6. The van der Waals surface area contributed by atoms with Gasteiger partial charge in [-0.2, -0.15) is 0 Å². The minimum Gasteiger partial charge on any atom is -0.444 e. The zero-order valence-corrected chi connectivity index (χ0v) is 12.0. The molecule has 2 rings (SSSR count). The lowest BCUT2D eigenvalue weighted by Gasteiger charge is -2.19. The Hall–Kier alpha value is -0.770. The zero-order valence-electron chi connectivity index (χ0n) is 10.4. The molecule has 4 heteroatoms. The number of halogens is 1. The molecule has 94 valence electrons. The van der Waals surface area contributed by atoms with Crippen LogP contribution in [0, 0.1) is 5.92 Å². The van der Waals surface area contributed by atoms with Crippen LogP contribution in [0.5, 0.6) is 0 Å². The van der Waals surface area contributed by atoms with E-state index in [0.717, 1.165) is 12.8 Å². The first-order valence-corrected chi connectivity index (χ1v) is 6.69. The number of hydrogen-bond acceptors (Lipinski definition) is 2. The van der Waals surface area contributed by atoms with E-state index in [1.165, 1.54) is 10.1 Å². The highest BCUT2D eigenvalue weighted by Crippen LogP contribution is 2.43. The van der Waals surface area contributed by atoms with Crippen molar-refractivity contribution in [1.29, 1.82) is 0 Å². The fourth-order valence-electron chi connectivity index (χ4n) is 1.99. The van der Waals surface area contributed by atoms with Crippen molar-refractivity contribution >= 4 is 22.0 Å². The molecule has 0 unspecified atom stereocenters. The average molecular weight is 300 g/mol. The number of carbonyl (C=O) groups is 1. The predicted octanol–water partition coefficient (Wildman–Crippen LogP) is 3.51. The van der Waals surface area contributed by atoms with E-state index in [1.807, 2.05) is 20.8 Å². The Morgan fingerprint density at radius 1 is 1.47 bits per heavy atom. The molecule has 1 N–H and O–H groups in total. The fourth-order valence-corrected chi connectivity index (χ4v) is 2.44. The quantitative estimate of drug-likeness (QED) is 0.847. The summed E-state index contributed by atoms with van der Waals surface area (Å²) >= 11 is 3.48. The maximum absolute atomic E-state index is 11.6. The molecule has 2 aliphatic rings. The Morgan fingerprint density at radius 3 is 2.71 bits per heavy atom. The van der Waals surface area contributed by atoms with Crippen LogP contribution >= 0.6 is 15.9 Å². The molecule has 1 amide bonds. The number of ether oxygens (including phenoxy) is 1. The van der Waals surface area contributed by atoms with Gasteiger partial charge in [-0.05, 0) is 31.7 Å². The van der Waals surface area contributed by atoms with Crippen LogP contribution in [0.3, 0.4) is 0 Å². The van der Waals surface area contributed by atoms with Crippen molar-refractivity contribution in [1.82, 2.24) is 5.32 Å². The topological polar surface area (TPSA) is 38.3 Å². The highest BCUT2D eigenvalue weighted by atomic mass is 79.9. The maximum atomic E-state index is 11.6. The van der Waals surface area contributed by atoms with Gasteiger partial charge in [0.25, 0.3) is 0 Å². The van der Waals surface area contributed by atoms with Crippen LogP contribution in [0.15, 0.2) is 22.2 Å². The number of hydrogen-bond donors (Lipinski definition) is 1. The van der Waals surface area contributed by atoms with Crippen molar-refractivity contribution in [2.24, 2.45) is 5.92 Å². The minimum atomic E-state index is -0.425. The van der Waals surface area contributed by atoms with Crippen molar-refractivity contribution in [2.45, 2.75) is 45.3 Å². The lowest BCUT2D eigenvalue weighted by atomic mass is 10.1. The van der Waals surface area contributed by atoms with Gasteiger partial charge in [0.05, 0.1) is 0 Å². The molecule has 17 heavy (non-hydrogen) atoms. The third-order valence-electron chi connectivity index (χ3n) is 2.82. The van der Waals surface area contributed by atoms with E-state index in [9.17, 15) is 4.79 Å². The first kappa shape index (κ1) is 12.7. The Balaban J connectivity index is 1.75. The van der Waals surface area contributed by atoms with Crippen LogP contribution in [-0.4, -0.2) is 17.7 Å². The van der Waals surface area contributed by atoms with E-state index in [1.54, 1.807) is 0 Å². The molecular weight excluding hydrogens is 282 g/mol. The van der Waals surface area contributed by atoms with E-state index in [0.29, 0.717) is 5.92 Å². The van der Waals surface area contributed by atoms with Crippen molar-refractivity contribution < 1.29 is 9.53 Å². The van der Waals surface area contributed by atoms with E-state index in [2.05, 4.69) is 33.4 Å². The normalized spacial score (nSPS) is 27.3. The average Bonchev–Trinajstić information content (AvgIpc) is 2.75. The zero-order chi connectivity index (χ0) is 12.6. The van der Waals surface area contributed by atoms with Gasteiger partial charge in [-0.3, -0.25) is 0 Å². The number of amides is 1. The number of carbonyl (C=O) groups excluding carboxylic acids is 1. The van der Waals surface area contributed by atoms with Crippen molar-refractivity contribution in [3.63, 3.8) is 0 Å². The first-order valence-electron chi connectivity index (χ1n) is 5.90. The second kappa shape index (κ2) is 4.48. The Bertz CT molecular complexity index is 393. The van der Waals surface area contributed by atoms with Gasteiger partial charge in [0.1, 0.15) is 5.60 Å². The lowest BCUT2D eigenvalue weighted by molar-refractivity contribution is 0.0522. The molecule has 0 aromatic heterocycles. The summed E-state index contributed by atoms with van der Waals surface area (Å²) in [6.07, 6.45) is 5.93. The molecule has 1 fully saturated rings. The number of allylic oxidation sites excluding steroid dienone is 3. The smallest absolute Gasteiger partial charge is 0.407 e. The first-order chi connectivity index (χ1) is 7.85. The van der Waals surface area contributed by atoms with Gasteiger partial charge in [-0.15, -0.1) is 0 Å². The molecular formula is C13H18BrNO2. The summed E-state index contributed by atoms with van der Waals surface area (Å²) in [6, 6.07) is 0.253. The molecule has 0 aromatic rings. The van der Waals surface area contributed by atoms with Crippen LogP contribution in [0.4, 0.5) is 4.79 Å². The molecule has 0 radical (unpaired) electrons. The minimum absolute atomic E-state index is 0.253. The third kappa shape index (κ3) is 3.60. The van der Waals surface area contributed by atoms with Gasteiger partial charge >= 0.3 is 6.09 Å². The van der Waals surface area contributed by atoms with Crippen LogP contribution in [0.2, 0.25) is 0 Å². The molecule has 0 spiro atoms. The Labute approximate surface area is 110 Å². The van der Waals surface area contributed by atoms with Gasteiger partial charge in [0.2, 0.25) is 0 Å². The molecule has 0 heterocycles. The van der Waals surface area contributed by atoms with Crippen LogP contribution in [-0.2, 0) is 4.74 Å². The molecule has 0 aliphatic heterocycles. The van der Waals surface area contributed by atoms with Crippen LogP contribution < -0.4 is 5.32 Å². The van der Waals surface area contributed by atoms with Gasteiger partial charge < -0.3 is 10.1 Å². The molecule has 2 aliphatic carbocycles. The predicted molar refractivity (Wildman–Crippen MR) is 71.0 cm³/mol. The van der Waals surface area contributed by atoms with Crippen LogP contribution in [0.25, 0.3) is 0 Å². The molecule has 1 saturated carbocycles. The SMILES string of the molecule is CC(C)(C)OC(=O)N[C@H]1C[C@@H]1C1=CC=C(Br)C1. The largest absolute Gasteiger partial charge is 0.444 e. The second-order valence-electron chi connectivity index (χ2n) is 5.63.